The molecule has 2 fully saturated rings. The number of carbonyl (C=O) groups excluding carboxylic acids is 2. The number of halogens is 4. The molecule has 1 aliphatic heterocycles. The highest BCUT2D eigenvalue weighted by atomic mass is 35.5. The fourth-order valence-corrected chi connectivity index (χ4v) is 5.32. The summed E-state index contributed by atoms with van der Waals surface area (Å²) < 4.78 is 27.6. The van der Waals surface area contributed by atoms with Gasteiger partial charge in [0, 0.05) is 64.2 Å². The van der Waals surface area contributed by atoms with Gasteiger partial charge in [-0.25, -0.2) is 13.8 Å². The molecule has 5 rings (SSSR count). The molecular weight excluding hydrogens is 551 g/mol. The van der Waals surface area contributed by atoms with Crippen molar-refractivity contribution in [3.63, 3.8) is 0 Å². The lowest BCUT2D eigenvalue weighted by atomic mass is 9.80. The largest absolute Gasteiger partial charge is 0.368 e. The number of anilines is 1. The van der Waals surface area contributed by atoms with Crippen LogP contribution in [0.4, 0.5) is 14.5 Å². The van der Waals surface area contributed by atoms with E-state index >= 15 is 0 Å². The second-order valence-electron chi connectivity index (χ2n) is 10.2. The van der Waals surface area contributed by atoms with Gasteiger partial charge in [-0.1, -0.05) is 29.3 Å². The Morgan fingerprint density at radius 3 is 2.44 bits per heavy atom. The van der Waals surface area contributed by atoms with Crippen molar-refractivity contribution in [1.29, 1.82) is 0 Å². The third kappa shape index (κ3) is 5.86. The van der Waals surface area contributed by atoms with Crippen molar-refractivity contribution >= 4 is 51.6 Å². The van der Waals surface area contributed by atoms with Crippen molar-refractivity contribution in [2.75, 3.05) is 38.1 Å². The lowest BCUT2D eigenvalue weighted by Gasteiger charge is -2.41. The number of carbonyl (C=O) groups is 2. The number of hydrogen-bond acceptors (Lipinski definition) is 5. The SMILES string of the molecule is CN(Cc1ccc(Cl)c(Cl)c1)C(=O)Cn1cnc2ccc(N3CCN(C(=O)C4CC(F)(F)C4)CC3)cc2c1=O. The summed E-state index contributed by atoms with van der Waals surface area (Å²) in [6, 6.07) is 10.5. The van der Waals surface area contributed by atoms with Gasteiger partial charge < -0.3 is 14.7 Å². The highest BCUT2D eigenvalue weighted by Gasteiger charge is 2.49. The summed E-state index contributed by atoms with van der Waals surface area (Å²) in [5, 5.41) is 1.21. The summed E-state index contributed by atoms with van der Waals surface area (Å²) in [4.78, 5) is 48.2. The molecule has 2 heterocycles. The van der Waals surface area contributed by atoms with Gasteiger partial charge in [0.1, 0.15) is 6.54 Å². The van der Waals surface area contributed by atoms with Crippen LogP contribution in [0.5, 0.6) is 0 Å². The Hall–Kier alpha value is -3.24. The lowest BCUT2D eigenvalue weighted by Crippen LogP contribution is -2.53. The minimum Gasteiger partial charge on any atom is -0.368 e. The lowest BCUT2D eigenvalue weighted by molar-refractivity contribution is -0.160. The molecule has 0 N–H and O–H groups in total. The molecule has 2 aromatic carbocycles. The Morgan fingerprint density at radius 1 is 1.05 bits per heavy atom. The van der Waals surface area contributed by atoms with E-state index in [2.05, 4.69) is 4.98 Å². The smallest absolute Gasteiger partial charge is 0.261 e. The maximum Gasteiger partial charge on any atom is 0.261 e. The highest BCUT2D eigenvalue weighted by Crippen LogP contribution is 2.43. The van der Waals surface area contributed by atoms with E-state index in [0.29, 0.717) is 53.7 Å². The number of benzene rings is 2. The molecule has 2 aliphatic rings. The number of aromatic nitrogens is 2. The summed E-state index contributed by atoms with van der Waals surface area (Å²) in [6.07, 6.45) is 0.622. The van der Waals surface area contributed by atoms with Crippen LogP contribution in [0.2, 0.25) is 10.0 Å². The number of nitrogens with zero attached hydrogens (tertiary/aromatic N) is 5. The predicted octanol–water partition coefficient (Wildman–Crippen LogP) is 4.06. The van der Waals surface area contributed by atoms with Gasteiger partial charge in [-0.15, -0.1) is 0 Å². The number of hydrogen-bond donors (Lipinski definition) is 0. The first kappa shape index (κ1) is 27.3. The van der Waals surface area contributed by atoms with E-state index in [-0.39, 0.29) is 36.8 Å². The topological polar surface area (TPSA) is 78.8 Å². The van der Waals surface area contributed by atoms with Gasteiger partial charge in [0.15, 0.2) is 0 Å². The van der Waals surface area contributed by atoms with E-state index in [0.717, 1.165) is 11.3 Å². The van der Waals surface area contributed by atoms with Crippen LogP contribution in [-0.2, 0) is 22.7 Å². The normalized spacial score (nSPS) is 17.3. The van der Waals surface area contributed by atoms with Crippen LogP contribution in [0.3, 0.4) is 0 Å². The number of piperazine rings is 1. The summed E-state index contributed by atoms with van der Waals surface area (Å²) in [6.45, 7) is 2.02. The molecule has 0 radical (unpaired) electrons. The molecule has 2 amide bonds. The van der Waals surface area contributed by atoms with Crippen LogP contribution < -0.4 is 10.5 Å². The molecule has 1 saturated carbocycles. The van der Waals surface area contributed by atoms with Gasteiger partial charge in [-0.3, -0.25) is 19.0 Å². The van der Waals surface area contributed by atoms with Crippen molar-refractivity contribution in [1.82, 2.24) is 19.4 Å². The first-order valence-corrected chi connectivity index (χ1v) is 13.3. The van der Waals surface area contributed by atoms with Crippen molar-refractivity contribution < 1.29 is 18.4 Å². The number of rotatable bonds is 6. The number of fused-ring (bicyclic) bond motifs is 1. The maximum atomic E-state index is 13.3. The zero-order valence-electron chi connectivity index (χ0n) is 21.2. The summed E-state index contributed by atoms with van der Waals surface area (Å²) >= 11 is 12.0. The average molecular weight is 578 g/mol. The molecular formula is C27H27Cl2F2N5O3. The molecule has 1 aromatic heterocycles. The van der Waals surface area contributed by atoms with E-state index in [1.807, 2.05) is 11.0 Å². The molecule has 3 aromatic rings. The predicted molar refractivity (Wildman–Crippen MR) is 145 cm³/mol. The molecule has 8 nitrogen and oxygen atoms in total. The second kappa shape index (κ2) is 10.7. The minimum atomic E-state index is -2.72. The van der Waals surface area contributed by atoms with Crippen LogP contribution in [0, 0.1) is 5.92 Å². The fraction of sp³-hybridized carbons (Fsp3) is 0.407. The molecule has 0 atom stereocenters. The van der Waals surface area contributed by atoms with E-state index in [1.165, 1.54) is 15.8 Å². The first-order valence-electron chi connectivity index (χ1n) is 12.6. The van der Waals surface area contributed by atoms with Crippen molar-refractivity contribution in [2.45, 2.75) is 31.9 Å². The molecule has 0 unspecified atom stereocenters. The number of amides is 2. The second-order valence-corrected chi connectivity index (χ2v) is 11.0. The van der Waals surface area contributed by atoms with Gasteiger partial charge in [0.25, 0.3) is 5.56 Å². The van der Waals surface area contributed by atoms with Crippen molar-refractivity contribution in [2.24, 2.45) is 5.92 Å². The highest BCUT2D eigenvalue weighted by molar-refractivity contribution is 6.42. The maximum absolute atomic E-state index is 13.3. The van der Waals surface area contributed by atoms with Gasteiger partial charge in [-0.2, -0.15) is 0 Å². The Kier molecular flexibility index (Phi) is 7.52. The summed E-state index contributed by atoms with van der Waals surface area (Å²) in [5.74, 6) is -3.80. The van der Waals surface area contributed by atoms with Crippen LogP contribution in [0.1, 0.15) is 18.4 Å². The zero-order chi connectivity index (χ0) is 27.9. The third-order valence-corrected chi connectivity index (χ3v) is 8.08. The fourth-order valence-electron chi connectivity index (χ4n) is 5.00. The Bertz CT molecular complexity index is 1480. The van der Waals surface area contributed by atoms with Crippen molar-refractivity contribution in [3.8, 4) is 0 Å². The van der Waals surface area contributed by atoms with Crippen LogP contribution in [0.25, 0.3) is 10.9 Å². The Balaban J connectivity index is 1.24. The Morgan fingerprint density at radius 2 is 1.77 bits per heavy atom. The number of likely N-dealkylation sites (N-methyl/N-ethyl adjacent to an activating group) is 1. The van der Waals surface area contributed by atoms with Crippen LogP contribution in [0.15, 0.2) is 47.5 Å². The monoisotopic (exact) mass is 577 g/mol. The van der Waals surface area contributed by atoms with Gasteiger partial charge >= 0.3 is 0 Å². The molecule has 0 spiro atoms. The third-order valence-electron chi connectivity index (χ3n) is 7.34. The number of alkyl halides is 2. The average Bonchev–Trinajstić information content (AvgIpc) is 2.90. The van der Waals surface area contributed by atoms with E-state index in [1.54, 1.807) is 42.3 Å². The van der Waals surface area contributed by atoms with Gasteiger partial charge in [0.05, 0.1) is 27.3 Å². The van der Waals surface area contributed by atoms with Gasteiger partial charge in [-0.05, 0) is 35.9 Å². The molecule has 39 heavy (non-hydrogen) atoms. The van der Waals surface area contributed by atoms with Gasteiger partial charge in [0.2, 0.25) is 17.7 Å². The van der Waals surface area contributed by atoms with Crippen LogP contribution >= 0.6 is 23.2 Å². The van der Waals surface area contributed by atoms with Crippen LogP contribution in [-0.4, -0.2) is 70.3 Å². The summed E-state index contributed by atoms with van der Waals surface area (Å²) in [7, 11) is 1.64. The molecule has 206 valence electrons. The molecule has 1 aliphatic carbocycles. The van der Waals surface area contributed by atoms with E-state index < -0.39 is 11.8 Å². The van der Waals surface area contributed by atoms with Crippen molar-refractivity contribution in [3.05, 3.63) is 68.7 Å². The zero-order valence-corrected chi connectivity index (χ0v) is 22.8. The molecule has 12 heteroatoms. The standard InChI is InChI=1S/C27H27Cl2F2N5O3/c1-33(14-17-2-4-21(28)22(29)10-17)24(37)15-36-16-32-23-5-3-19(11-20(23)26(36)39)34-6-8-35(9-7-34)25(38)18-12-27(30,31)13-18/h2-5,10-11,16,18H,6-9,12-15H2,1H3. The molecule has 1 saturated heterocycles. The minimum absolute atomic E-state index is 0.176. The summed E-state index contributed by atoms with van der Waals surface area (Å²) in [5.41, 5.74) is 1.78. The first-order chi connectivity index (χ1) is 18.5. The quantitative estimate of drug-likeness (QED) is 0.441. The Labute approximate surface area is 233 Å². The molecule has 0 bridgehead atoms. The van der Waals surface area contributed by atoms with E-state index in [4.69, 9.17) is 23.2 Å². The van der Waals surface area contributed by atoms with E-state index in [9.17, 15) is 23.2 Å².